The largest absolute Gasteiger partial charge is 0.469 e. The number of hydrogen-bond donors (Lipinski definition) is 0. The van der Waals surface area contributed by atoms with Gasteiger partial charge in [0.1, 0.15) is 11.5 Å². The Kier molecular flexibility index (Phi) is 6.49. The Morgan fingerprint density at radius 1 is 1.03 bits per heavy atom. The standard InChI is InChI=1S/C22H22O5S2/c1-4-29(24,25)19-9-6-17(7-10-19)27-21-12-15(13-22(23)26-2)11-16-5-8-18(28-3)14-20(16)21/h5-12,14H,4,13H2,1-3H3. The number of methoxy groups -OCH3 is 1. The molecule has 5 nitrogen and oxygen atoms in total. The predicted molar refractivity (Wildman–Crippen MR) is 116 cm³/mol. The smallest absolute Gasteiger partial charge is 0.309 e. The number of benzene rings is 3. The zero-order chi connectivity index (χ0) is 21.0. The monoisotopic (exact) mass is 430 g/mol. The van der Waals surface area contributed by atoms with E-state index in [1.165, 1.54) is 7.11 Å². The molecule has 0 aliphatic rings. The fourth-order valence-electron chi connectivity index (χ4n) is 2.92. The van der Waals surface area contributed by atoms with Crippen molar-refractivity contribution in [2.24, 2.45) is 0 Å². The van der Waals surface area contributed by atoms with Gasteiger partial charge in [-0.15, -0.1) is 11.8 Å². The second kappa shape index (κ2) is 8.88. The average molecular weight is 431 g/mol. The SMILES string of the molecule is CCS(=O)(=O)c1ccc(Oc2cc(CC(=O)OC)cc3ccc(SC)cc23)cc1. The molecule has 0 heterocycles. The molecule has 7 heteroatoms. The van der Waals surface area contributed by atoms with E-state index in [9.17, 15) is 13.2 Å². The van der Waals surface area contributed by atoms with Crippen LogP contribution < -0.4 is 4.74 Å². The second-order valence-corrected chi connectivity index (χ2v) is 9.57. The van der Waals surface area contributed by atoms with Gasteiger partial charge in [0.15, 0.2) is 9.84 Å². The van der Waals surface area contributed by atoms with E-state index in [2.05, 4.69) is 0 Å². The van der Waals surface area contributed by atoms with Gasteiger partial charge in [-0.2, -0.15) is 0 Å². The third-order valence-electron chi connectivity index (χ3n) is 4.55. The van der Waals surface area contributed by atoms with Crippen molar-refractivity contribution in [2.45, 2.75) is 23.1 Å². The molecular weight excluding hydrogens is 408 g/mol. The van der Waals surface area contributed by atoms with Crippen LogP contribution in [0, 0.1) is 0 Å². The van der Waals surface area contributed by atoms with Crippen LogP contribution in [0.2, 0.25) is 0 Å². The van der Waals surface area contributed by atoms with Gasteiger partial charge in [-0.05, 0) is 59.7 Å². The van der Waals surface area contributed by atoms with Crippen LogP contribution in [0.4, 0.5) is 0 Å². The number of ether oxygens (including phenoxy) is 2. The van der Waals surface area contributed by atoms with Gasteiger partial charge in [0.2, 0.25) is 0 Å². The lowest BCUT2D eigenvalue weighted by Gasteiger charge is -2.13. The van der Waals surface area contributed by atoms with E-state index in [0.717, 1.165) is 21.2 Å². The first-order chi connectivity index (χ1) is 13.9. The summed E-state index contributed by atoms with van der Waals surface area (Å²) in [5.41, 5.74) is 0.779. The normalized spacial score (nSPS) is 11.4. The molecule has 3 aromatic carbocycles. The summed E-state index contributed by atoms with van der Waals surface area (Å²) in [5.74, 6) is 0.838. The molecule has 0 aromatic heterocycles. The summed E-state index contributed by atoms with van der Waals surface area (Å²) in [6.45, 7) is 1.61. The molecule has 0 saturated heterocycles. The first-order valence-corrected chi connectivity index (χ1v) is 11.9. The quantitative estimate of drug-likeness (QED) is 0.394. The van der Waals surface area contributed by atoms with Crippen molar-refractivity contribution in [1.82, 2.24) is 0 Å². The Morgan fingerprint density at radius 2 is 1.76 bits per heavy atom. The van der Waals surface area contributed by atoms with E-state index in [0.29, 0.717) is 11.5 Å². The van der Waals surface area contributed by atoms with Crippen molar-refractivity contribution in [3.63, 3.8) is 0 Å². The first-order valence-electron chi connectivity index (χ1n) is 9.04. The van der Waals surface area contributed by atoms with Crippen LogP contribution in [0.1, 0.15) is 12.5 Å². The first kappa shape index (κ1) is 21.2. The highest BCUT2D eigenvalue weighted by molar-refractivity contribution is 7.98. The molecule has 0 bridgehead atoms. The molecule has 3 rings (SSSR count). The Labute approximate surface area is 174 Å². The van der Waals surface area contributed by atoms with Crippen LogP contribution in [0.25, 0.3) is 10.8 Å². The number of rotatable bonds is 7. The van der Waals surface area contributed by atoms with Crippen LogP contribution in [-0.4, -0.2) is 33.5 Å². The summed E-state index contributed by atoms with van der Waals surface area (Å²) in [4.78, 5) is 13.1. The lowest BCUT2D eigenvalue weighted by molar-refractivity contribution is -0.139. The molecule has 0 aliphatic carbocycles. The number of thioether (sulfide) groups is 1. The van der Waals surface area contributed by atoms with Crippen molar-refractivity contribution < 1.29 is 22.7 Å². The van der Waals surface area contributed by atoms with Crippen molar-refractivity contribution in [3.8, 4) is 11.5 Å². The summed E-state index contributed by atoms with van der Waals surface area (Å²) in [5, 5.41) is 1.86. The molecule has 152 valence electrons. The fourth-order valence-corrected chi connectivity index (χ4v) is 4.25. The molecule has 0 aliphatic heterocycles. The van der Waals surface area contributed by atoms with Crippen molar-refractivity contribution in [2.75, 3.05) is 19.1 Å². The van der Waals surface area contributed by atoms with E-state index in [1.54, 1.807) is 43.0 Å². The molecule has 0 spiro atoms. The van der Waals surface area contributed by atoms with Gasteiger partial charge in [0.25, 0.3) is 0 Å². The van der Waals surface area contributed by atoms with Crippen LogP contribution in [0.15, 0.2) is 64.4 Å². The van der Waals surface area contributed by atoms with E-state index >= 15 is 0 Å². The van der Waals surface area contributed by atoms with E-state index in [1.807, 2.05) is 36.6 Å². The molecule has 0 atom stereocenters. The molecule has 0 N–H and O–H groups in total. The summed E-state index contributed by atoms with van der Waals surface area (Å²) in [6.07, 6.45) is 2.14. The number of hydrogen-bond acceptors (Lipinski definition) is 6. The third-order valence-corrected chi connectivity index (χ3v) is 7.03. The summed E-state index contributed by atoms with van der Waals surface area (Å²) in [6, 6.07) is 16.2. The van der Waals surface area contributed by atoms with Crippen LogP contribution in [0.3, 0.4) is 0 Å². The zero-order valence-electron chi connectivity index (χ0n) is 16.5. The number of carbonyl (C=O) groups is 1. The highest BCUT2D eigenvalue weighted by atomic mass is 32.2. The highest BCUT2D eigenvalue weighted by Crippen LogP contribution is 2.34. The zero-order valence-corrected chi connectivity index (χ0v) is 18.1. The number of carbonyl (C=O) groups excluding carboxylic acids is 1. The predicted octanol–water partition coefficient (Wildman–Crippen LogP) is 4.86. The lowest BCUT2D eigenvalue weighted by Crippen LogP contribution is -2.04. The van der Waals surface area contributed by atoms with Gasteiger partial charge in [-0.3, -0.25) is 4.79 Å². The highest BCUT2D eigenvalue weighted by Gasteiger charge is 2.13. The molecule has 3 aromatic rings. The van der Waals surface area contributed by atoms with Gasteiger partial charge >= 0.3 is 5.97 Å². The molecule has 0 unspecified atom stereocenters. The molecule has 29 heavy (non-hydrogen) atoms. The lowest BCUT2D eigenvalue weighted by atomic mass is 10.0. The fraction of sp³-hybridized carbons (Fsp3) is 0.227. The van der Waals surface area contributed by atoms with Crippen molar-refractivity contribution >= 4 is 38.3 Å². The molecule has 0 saturated carbocycles. The Balaban J connectivity index is 2.02. The minimum absolute atomic E-state index is 0.0465. The van der Waals surface area contributed by atoms with Gasteiger partial charge in [-0.25, -0.2) is 8.42 Å². The van der Waals surface area contributed by atoms with Gasteiger partial charge in [-0.1, -0.05) is 19.1 Å². The summed E-state index contributed by atoms with van der Waals surface area (Å²) in [7, 11) is -1.91. The maximum Gasteiger partial charge on any atom is 0.309 e. The Hall–Kier alpha value is -2.51. The number of esters is 1. The molecule has 0 fully saturated rings. The van der Waals surface area contributed by atoms with Crippen molar-refractivity contribution in [1.29, 1.82) is 0 Å². The minimum Gasteiger partial charge on any atom is -0.469 e. The maximum absolute atomic E-state index is 12.0. The van der Waals surface area contributed by atoms with Gasteiger partial charge < -0.3 is 9.47 Å². The Bertz CT molecular complexity index is 1140. The third kappa shape index (κ3) is 4.92. The molecule has 0 amide bonds. The van der Waals surface area contributed by atoms with E-state index in [-0.39, 0.29) is 23.0 Å². The van der Waals surface area contributed by atoms with Gasteiger partial charge in [0.05, 0.1) is 24.2 Å². The topological polar surface area (TPSA) is 69.7 Å². The van der Waals surface area contributed by atoms with Crippen LogP contribution in [-0.2, 0) is 25.8 Å². The van der Waals surface area contributed by atoms with E-state index in [4.69, 9.17) is 9.47 Å². The average Bonchev–Trinajstić information content (AvgIpc) is 2.73. The molecular formula is C22H22O5S2. The van der Waals surface area contributed by atoms with Crippen LogP contribution in [0.5, 0.6) is 11.5 Å². The number of fused-ring (bicyclic) bond motifs is 1. The summed E-state index contributed by atoms with van der Waals surface area (Å²) >= 11 is 1.63. The van der Waals surface area contributed by atoms with Gasteiger partial charge in [0, 0.05) is 10.3 Å². The van der Waals surface area contributed by atoms with E-state index < -0.39 is 9.84 Å². The number of sulfone groups is 1. The second-order valence-electron chi connectivity index (χ2n) is 6.41. The maximum atomic E-state index is 12.0. The molecule has 0 radical (unpaired) electrons. The van der Waals surface area contributed by atoms with Crippen molar-refractivity contribution in [3.05, 3.63) is 60.2 Å². The van der Waals surface area contributed by atoms with Crippen LogP contribution >= 0.6 is 11.8 Å². The summed E-state index contributed by atoms with van der Waals surface area (Å²) < 4.78 is 34.9. The minimum atomic E-state index is -3.26. The Morgan fingerprint density at radius 3 is 2.38 bits per heavy atom.